The number of hydrogen-bond donors (Lipinski definition) is 1. The van der Waals surface area contributed by atoms with Crippen LogP contribution in [-0.2, 0) is 6.54 Å². The average Bonchev–Trinajstić information content (AvgIpc) is 3.01. The highest BCUT2D eigenvalue weighted by Crippen LogP contribution is 2.30. The van der Waals surface area contributed by atoms with Crippen LogP contribution in [0.25, 0.3) is 0 Å². The summed E-state index contributed by atoms with van der Waals surface area (Å²) >= 11 is 0. The van der Waals surface area contributed by atoms with E-state index in [9.17, 15) is 0 Å². The second-order valence-corrected chi connectivity index (χ2v) is 7.06. The summed E-state index contributed by atoms with van der Waals surface area (Å²) < 4.78 is 16.1. The Morgan fingerprint density at radius 1 is 1.21 bits per heavy atom. The minimum Gasteiger partial charge on any atom is -0.493 e. The van der Waals surface area contributed by atoms with Crippen LogP contribution < -0.4 is 14.8 Å². The third kappa shape index (κ3) is 4.77. The zero-order chi connectivity index (χ0) is 20.8. The van der Waals surface area contributed by atoms with E-state index in [-0.39, 0.29) is 5.92 Å². The summed E-state index contributed by atoms with van der Waals surface area (Å²) in [6, 6.07) is 4.02. The van der Waals surface area contributed by atoms with Crippen molar-refractivity contribution in [2.75, 3.05) is 34.9 Å². The van der Waals surface area contributed by atoms with Crippen molar-refractivity contribution in [2.45, 2.75) is 40.2 Å². The van der Waals surface area contributed by atoms with Crippen LogP contribution in [0.1, 0.15) is 41.0 Å². The Hall–Kier alpha value is -2.70. The first-order valence-corrected chi connectivity index (χ1v) is 9.38. The van der Waals surface area contributed by atoms with Gasteiger partial charge in [-0.25, -0.2) is 0 Å². The highest BCUT2D eigenvalue weighted by molar-refractivity contribution is 5.79. The van der Waals surface area contributed by atoms with Gasteiger partial charge in [-0.15, -0.1) is 0 Å². The van der Waals surface area contributed by atoms with E-state index in [4.69, 9.17) is 14.0 Å². The standard InChI is InChI=1S/C21H32N4O3/c1-13-9-18(26-7)19(27-8)10-17(13)12-25(6)21(22-5)23-11-14(2)20-15(3)24-28-16(20)4/h9-10,14H,11-12H2,1-8H3,(H,22,23). The van der Waals surface area contributed by atoms with E-state index in [0.717, 1.165) is 52.1 Å². The summed E-state index contributed by atoms with van der Waals surface area (Å²) in [6.07, 6.45) is 0. The summed E-state index contributed by atoms with van der Waals surface area (Å²) in [6.45, 7) is 9.60. The summed E-state index contributed by atoms with van der Waals surface area (Å²) in [4.78, 5) is 6.52. The number of methoxy groups -OCH3 is 2. The Morgan fingerprint density at radius 2 is 1.86 bits per heavy atom. The molecule has 1 heterocycles. The molecule has 1 aromatic heterocycles. The molecule has 1 N–H and O–H groups in total. The predicted molar refractivity (Wildman–Crippen MR) is 112 cm³/mol. The zero-order valence-corrected chi connectivity index (χ0v) is 18.2. The molecule has 0 aliphatic rings. The molecule has 1 aromatic carbocycles. The SMILES string of the molecule is CN=C(NCC(C)c1c(C)noc1C)N(C)Cc1cc(OC)c(OC)cc1C. The van der Waals surface area contributed by atoms with Crippen molar-refractivity contribution in [2.24, 2.45) is 4.99 Å². The van der Waals surface area contributed by atoms with Crippen molar-refractivity contribution in [3.8, 4) is 11.5 Å². The largest absolute Gasteiger partial charge is 0.493 e. The number of ether oxygens (including phenoxy) is 2. The number of guanidine groups is 1. The fourth-order valence-corrected chi connectivity index (χ4v) is 3.45. The molecule has 0 radical (unpaired) electrons. The Balaban J connectivity index is 2.07. The van der Waals surface area contributed by atoms with Gasteiger partial charge in [0.25, 0.3) is 0 Å². The Bertz CT molecular complexity index is 810. The Labute approximate surface area is 167 Å². The molecular formula is C21H32N4O3. The van der Waals surface area contributed by atoms with Crippen LogP contribution in [0.4, 0.5) is 0 Å². The van der Waals surface area contributed by atoms with Crippen molar-refractivity contribution in [1.82, 2.24) is 15.4 Å². The molecule has 0 saturated heterocycles. The molecule has 7 heteroatoms. The van der Waals surface area contributed by atoms with Gasteiger partial charge >= 0.3 is 0 Å². The van der Waals surface area contributed by atoms with Crippen LogP contribution in [0.5, 0.6) is 11.5 Å². The maximum atomic E-state index is 5.44. The van der Waals surface area contributed by atoms with Crippen molar-refractivity contribution in [3.05, 3.63) is 40.3 Å². The van der Waals surface area contributed by atoms with Gasteiger partial charge in [0, 0.05) is 38.7 Å². The van der Waals surface area contributed by atoms with Crippen LogP contribution in [-0.4, -0.2) is 50.9 Å². The van der Waals surface area contributed by atoms with E-state index in [1.54, 1.807) is 21.3 Å². The number of nitrogens with zero attached hydrogens (tertiary/aromatic N) is 3. The van der Waals surface area contributed by atoms with Gasteiger partial charge in [-0.1, -0.05) is 12.1 Å². The lowest BCUT2D eigenvalue weighted by Gasteiger charge is -2.25. The molecule has 2 aromatic rings. The van der Waals surface area contributed by atoms with Gasteiger partial charge in [0.05, 0.1) is 19.9 Å². The van der Waals surface area contributed by atoms with E-state index >= 15 is 0 Å². The van der Waals surface area contributed by atoms with Crippen LogP contribution in [0.2, 0.25) is 0 Å². The number of nitrogens with one attached hydrogen (secondary N) is 1. The topological polar surface area (TPSA) is 72.1 Å². The molecule has 2 rings (SSSR count). The second kappa shape index (κ2) is 9.48. The van der Waals surface area contributed by atoms with Gasteiger partial charge < -0.3 is 24.2 Å². The highest BCUT2D eigenvalue weighted by atomic mass is 16.5. The lowest BCUT2D eigenvalue weighted by atomic mass is 10.00. The first kappa shape index (κ1) is 21.6. The fourth-order valence-electron chi connectivity index (χ4n) is 3.45. The molecule has 0 spiro atoms. The number of aryl methyl sites for hydroxylation is 3. The third-order valence-corrected chi connectivity index (χ3v) is 4.97. The van der Waals surface area contributed by atoms with Crippen LogP contribution >= 0.6 is 0 Å². The van der Waals surface area contributed by atoms with Gasteiger partial charge in [-0.3, -0.25) is 4.99 Å². The molecule has 28 heavy (non-hydrogen) atoms. The summed E-state index contributed by atoms with van der Waals surface area (Å²) in [5.41, 5.74) is 4.39. The minimum absolute atomic E-state index is 0.263. The van der Waals surface area contributed by atoms with Crippen LogP contribution in [0.15, 0.2) is 21.6 Å². The molecule has 0 amide bonds. The molecule has 0 fully saturated rings. The monoisotopic (exact) mass is 388 g/mol. The van der Waals surface area contributed by atoms with Crippen molar-refractivity contribution >= 4 is 5.96 Å². The lowest BCUT2D eigenvalue weighted by molar-refractivity contribution is 0.353. The number of rotatable bonds is 7. The smallest absolute Gasteiger partial charge is 0.193 e. The Kier molecular flexibility index (Phi) is 7.31. The van der Waals surface area contributed by atoms with Gasteiger partial charge in [0.1, 0.15) is 5.76 Å². The number of hydrogen-bond acceptors (Lipinski definition) is 5. The van der Waals surface area contributed by atoms with Crippen LogP contribution in [0, 0.1) is 20.8 Å². The molecule has 0 aliphatic carbocycles. The molecule has 0 saturated carbocycles. The van der Waals surface area contributed by atoms with E-state index in [1.165, 1.54) is 0 Å². The van der Waals surface area contributed by atoms with Gasteiger partial charge in [0.15, 0.2) is 17.5 Å². The number of aliphatic imine (C=N–C) groups is 1. The van der Waals surface area contributed by atoms with Crippen molar-refractivity contribution in [3.63, 3.8) is 0 Å². The van der Waals surface area contributed by atoms with Gasteiger partial charge in [-0.05, 0) is 44.0 Å². The minimum atomic E-state index is 0.263. The summed E-state index contributed by atoms with van der Waals surface area (Å²) in [5, 5.41) is 7.50. The lowest BCUT2D eigenvalue weighted by Crippen LogP contribution is -2.40. The Morgan fingerprint density at radius 3 is 2.39 bits per heavy atom. The van der Waals surface area contributed by atoms with E-state index in [2.05, 4.69) is 34.2 Å². The first-order valence-electron chi connectivity index (χ1n) is 9.38. The maximum Gasteiger partial charge on any atom is 0.193 e. The first-order chi connectivity index (χ1) is 13.3. The molecule has 1 atom stereocenters. The number of aromatic nitrogens is 1. The third-order valence-electron chi connectivity index (χ3n) is 4.97. The molecule has 154 valence electrons. The van der Waals surface area contributed by atoms with Crippen molar-refractivity contribution < 1.29 is 14.0 Å². The maximum absolute atomic E-state index is 5.44. The quantitative estimate of drug-likeness (QED) is 0.579. The second-order valence-electron chi connectivity index (χ2n) is 7.06. The molecule has 7 nitrogen and oxygen atoms in total. The average molecular weight is 389 g/mol. The normalized spacial score (nSPS) is 12.6. The highest BCUT2D eigenvalue weighted by Gasteiger charge is 2.18. The number of benzene rings is 1. The van der Waals surface area contributed by atoms with Crippen LogP contribution in [0.3, 0.4) is 0 Å². The van der Waals surface area contributed by atoms with Gasteiger partial charge in [0.2, 0.25) is 0 Å². The van der Waals surface area contributed by atoms with Gasteiger partial charge in [-0.2, -0.15) is 0 Å². The molecule has 1 unspecified atom stereocenters. The molecule has 0 bridgehead atoms. The zero-order valence-electron chi connectivity index (χ0n) is 18.2. The summed E-state index contributed by atoms with van der Waals surface area (Å²) in [5.74, 6) is 3.43. The van der Waals surface area contributed by atoms with E-state index < -0.39 is 0 Å². The van der Waals surface area contributed by atoms with E-state index in [1.807, 2.05) is 33.0 Å². The van der Waals surface area contributed by atoms with E-state index in [0.29, 0.717) is 6.54 Å². The predicted octanol–water partition coefficient (Wildman–Crippen LogP) is 3.43. The molecular weight excluding hydrogens is 356 g/mol. The fraction of sp³-hybridized carbons (Fsp3) is 0.524. The molecule has 0 aliphatic heterocycles. The summed E-state index contributed by atoms with van der Waals surface area (Å²) in [7, 11) is 7.11. The van der Waals surface area contributed by atoms with Crippen molar-refractivity contribution in [1.29, 1.82) is 0 Å².